The van der Waals surface area contributed by atoms with Crippen LogP contribution in [0.25, 0.3) is 11.1 Å². The van der Waals surface area contributed by atoms with Crippen molar-refractivity contribution >= 4 is 5.91 Å². The molecule has 1 aliphatic rings. The number of hydrogen-bond donors (Lipinski definition) is 1. The number of hydrogen-bond acceptors (Lipinski definition) is 4. The minimum absolute atomic E-state index is 0.0381. The van der Waals surface area contributed by atoms with Gasteiger partial charge in [-0.1, -0.05) is 60.2 Å². The van der Waals surface area contributed by atoms with Crippen LogP contribution in [-0.2, 0) is 6.54 Å². The summed E-state index contributed by atoms with van der Waals surface area (Å²) in [6, 6.07) is 25.0. The van der Waals surface area contributed by atoms with E-state index in [-0.39, 0.29) is 5.91 Å². The summed E-state index contributed by atoms with van der Waals surface area (Å²) >= 11 is 0. The number of carbonyl (C=O) groups excluding carboxylic acids is 1. The monoisotopic (exact) mass is 522 g/mol. The second kappa shape index (κ2) is 12.8. The smallest absolute Gasteiger partial charge is 0.253 e. The summed E-state index contributed by atoms with van der Waals surface area (Å²) in [5, 5.41) is 6.91. The molecule has 1 aromatic heterocycles. The zero-order valence-electron chi connectivity index (χ0n) is 23.0. The number of nitrogens with one attached hydrogen (secondary N) is 1. The zero-order chi connectivity index (χ0) is 27.0. The van der Waals surface area contributed by atoms with Gasteiger partial charge < -0.3 is 14.5 Å². The van der Waals surface area contributed by atoms with Crippen LogP contribution in [0, 0.1) is 6.92 Å². The summed E-state index contributed by atoms with van der Waals surface area (Å²) in [5.41, 5.74) is 6.43. The number of rotatable bonds is 3. The molecule has 6 heteroatoms. The van der Waals surface area contributed by atoms with E-state index in [0.717, 1.165) is 49.2 Å². The first-order chi connectivity index (χ1) is 19.1. The summed E-state index contributed by atoms with van der Waals surface area (Å²) < 4.78 is 6.29. The lowest BCUT2D eigenvalue weighted by molar-refractivity contribution is 0.0724. The Morgan fingerprint density at radius 2 is 1.82 bits per heavy atom. The molecule has 3 aromatic carbocycles. The lowest BCUT2D eigenvalue weighted by Crippen LogP contribution is -2.36. The Morgan fingerprint density at radius 1 is 0.949 bits per heavy atom. The second-order valence-electron chi connectivity index (χ2n) is 10.6. The van der Waals surface area contributed by atoms with Crippen LogP contribution < -0.4 is 4.74 Å². The topological polar surface area (TPSA) is 61.5 Å². The van der Waals surface area contributed by atoms with Gasteiger partial charge in [-0.2, -0.15) is 5.10 Å². The van der Waals surface area contributed by atoms with Gasteiger partial charge in [-0.15, -0.1) is 0 Å². The quantitative estimate of drug-likeness (QED) is 0.343. The fourth-order valence-electron chi connectivity index (χ4n) is 5.45. The van der Waals surface area contributed by atoms with Crippen LogP contribution in [0.4, 0.5) is 0 Å². The Bertz CT molecular complexity index is 1350. The molecule has 0 radical (unpaired) electrons. The van der Waals surface area contributed by atoms with Crippen molar-refractivity contribution in [3.8, 4) is 16.9 Å². The Morgan fingerprint density at radius 3 is 2.64 bits per heavy atom. The highest BCUT2D eigenvalue weighted by Gasteiger charge is 2.20. The van der Waals surface area contributed by atoms with Gasteiger partial charge in [-0.05, 0) is 75.0 Å². The average Bonchev–Trinajstić information content (AvgIpc) is 3.50. The largest absolute Gasteiger partial charge is 0.491 e. The first-order valence-electron chi connectivity index (χ1n) is 13.9. The molecule has 0 aliphatic carbocycles. The summed E-state index contributed by atoms with van der Waals surface area (Å²) in [6.45, 7) is 5.63. The van der Waals surface area contributed by atoms with Crippen LogP contribution >= 0.6 is 0 Å². The molecule has 202 valence electrons. The molecular formula is C33H38N4O2. The SMILES string of the molecule is Cc1ccc2c(c1)CN(C)CCC(c1ccccc1)CCCN(C(=O)c1cccc(-c3cn[nH]c3)c1)CCO2. The third-order valence-electron chi connectivity index (χ3n) is 7.61. The van der Waals surface area contributed by atoms with E-state index in [2.05, 4.69) is 77.6 Å². The Kier molecular flexibility index (Phi) is 8.74. The van der Waals surface area contributed by atoms with Gasteiger partial charge >= 0.3 is 0 Å². The highest BCUT2D eigenvalue weighted by Crippen LogP contribution is 2.28. The van der Waals surface area contributed by atoms with Gasteiger partial charge in [-0.3, -0.25) is 9.89 Å². The van der Waals surface area contributed by atoms with E-state index in [9.17, 15) is 4.79 Å². The molecule has 0 fully saturated rings. The van der Waals surface area contributed by atoms with Gasteiger partial charge in [0.25, 0.3) is 5.91 Å². The number of aromatic amines is 1. The van der Waals surface area contributed by atoms with E-state index in [1.165, 1.54) is 16.7 Å². The summed E-state index contributed by atoms with van der Waals surface area (Å²) in [6.07, 6.45) is 6.67. The highest BCUT2D eigenvalue weighted by molar-refractivity contribution is 5.95. The molecule has 4 aromatic rings. The Labute approximate surface area is 231 Å². The van der Waals surface area contributed by atoms with Gasteiger partial charge in [-0.25, -0.2) is 0 Å². The van der Waals surface area contributed by atoms with E-state index in [1.807, 2.05) is 35.4 Å². The third kappa shape index (κ3) is 6.95. The van der Waals surface area contributed by atoms with Gasteiger partial charge in [0.1, 0.15) is 12.4 Å². The van der Waals surface area contributed by atoms with Crippen LogP contribution in [-0.4, -0.2) is 59.2 Å². The number of aryl methyl sites for hydroxylation is 1. The third-order valence-corrected chi connectivity index (χ3v) is 7.61. The maximum atomic E-state index is 13.8. The molecule has 39 heavy (non-hydrogen) atoms. The van der Waals surface area contributed by atoms with E-state index in [1.54, 1.807) is 6.20 Å². The number of H-pyrrole nitrogens is 1. The number of benzene rings is 3. The van der Waals surface area contributed by atoms with Crippen LogP contribution in [0.15, 0.2) is 85.2 Å². The van der Waals surface area contributed by atoms with E-state index >= 15 is 0 Å². The molecule has 0 bridgehead atoms. The van der Waals surface area contributed by atoms with Gasteiger partial charge in [0.05, 0.1) is 12.7 Å². The molecule has 0 spiro atoms. The van der Waals surface area contributed by atoms with Crippen LogP contribution in [0.5, 0.6) is 5.75 Å². The molecule has 6 nitrogen and oxygen atoms in total. The number of fused-ring (bicyclic) bond motifs is 1. The number of aromatic nitrogens is 2. The standard InChI is InChI=1S/C33H38N4O2/c1-25-13-14-32-30(20-25)24-36(2)17-15-27(26-8-4-3-5-9-26)12-7-16-37(18-19-39-32)33(38)29-11-6-10-28(21-29)31-22-34-35-23-31/h3-6,8-11,13-14,20-23,27H,7,12,15-19,24H2,1-2H3,(H,34,35). The maximum absolute atomic E-state index is 13.8. The minimum atomic E-state index is 0.0381. The summed E-state index contributed by atoms with van der Waals surface area (Å²) in [5.74, 6) is 1.39. The van der Waals surface area contributed by atoms with Crippen molar-refractivity contribution in [3.05, 3.63) is 107 Å². The van der Waals surface area contributed by atoms with Crippen molar-refractivity contribution in [1.82, 2.24) is 20.0 Å². The van der Waals surface area contributed by atoms with Crippen molar-refractivity contribution < 1.29 is 9.53 Å². The molecule has 1 aliphatic heterocycles. The first-order valence-corrected chi connectivity index (χ1v) is 13.9. The molecular weight excluding hydrogens is 484 g/mol. The summed E-state index contributed by atoms with van der Waals surface area (Å²) in [4.78, 5) is 18.1. The molecule has 0 saturated heterocycles. The molecule has 1 unspecified atom stereocenters. The maximum Gasteiger partial charge on any atom is 0.253 e. The second-order valence-corrected chi connectivity index (χ2v) is 10.6. The number of nitrogens with zero attached hydrogens (tertiary/aromatic N) is 3. The van der Waals surface area contributed by atoms with Crippen LogP contribution in [0.1, 0.15) is 52.2 Å². The molecule has 5 rings (SSSR count). The lowest BCUT2D eigenvalue weighted by Gasteiger charge is -2.27. The van der Waals surface area contributed by atoms with Crippen LogP contribution in [0.2, 0.25) is 0 Å². The predicted octanol–water partition coefficient (Wildman–Crippen LogP) is 6.31. The van der Waals surface area contributed by atoms with Crippen molar-refractivity contribution in [2.24, 2.45) is 0 Å². The minimum Gasteiger partial charge on any atom is -0.491 e. The van der Waals surface area contributed by atoms with Gasteiger partial charge in [0.2, 0.25) is 0 Å². The lowest BCUT2D eigenvalue weighted by atomic mass is 9.90. The van der Waals surface area contributed by atoms with E-state index in [4.69, 9.17) is 4.74 Å². The molecule has 1 N–H and O–H groups in total. The highest BCUT2D eigenvalue weighted by atomic mass is 16.5. The van der Waals surface area contributed by atoms with E-state index < -0.39 is 0 Å². The van der Waals surface area contributed by atoms with Gasteiger partial charge in [0.15, 0.2) is 0 Å². The van der Waals surface area contributed by atoms with Crippen LogP contribution in [0.3, 0.4) is 0 Å². The van der Waals surface area contributed by atoms with Crippen molar-refractivity contribution in [2.75, 3.05) is 33.3 Å². The average molecular weight is 523 g/mol. The summed E-state index contributed by atoms with van der Waals surface area (Å²) in [7, 11) is 2.19. The van der Waals surface area contributed by atoms with Crippen molar-refractivity contribution in [2.45, 2.75) is 38.6 Å². The fraction of sp³-hybridized carbons (Fsp3) is 0.333. The van der Waals surface area contributed by atoms with E-state index in [0.29, 0.717) is 31.2 Å². The molecule has 2 heterocycles. The molecule has 1 amide bonds. The molecule has 1 atom stereocenters. The normalized spacial score (nSPS) is 17.6. The molecule has 0 saturated carbocycles. The van der Waals surface area contributed by atoms with Gasteiger partial charge in [0, 0.05) is 36.0 Å². The number of ether oxygens (including phenoxy) is 1. The van der Waals surface area contributed by atoms with Crippen molar-refractivity contribution in [1.29, 1.82) is 0 Å². The zero-order valence-corrected chi connectivity index (χ0v) is 23.0. The number of amides is 1. The Hall–Kier alpha value is -3.90. The first kappa shape index (κ1) is 26.7. The Balaban J connectivity index is 1.39. The number of carbonyl (C=O) groups is 1. The fourth-order valence-corrected chi connectivity index (χ4v) is 5.45. The van der Waals surface area contributed by atoms with Crippen molar-refractivity contribution in [3.63, 3.8) is 0 Å². The predicted molar refractivity (Wildman–Crippen MR) is 156 cm³/mol.